The second-order valence-corrected chi connectivity index (χ2v) is 11.0. The molecule has 212 valence electrons. The fourth-order valence-electron chi connectivity index (χ4n) is 4.94. The van der Waals surface area contributed by atoms with Crippen LogP contribution in [0.1, 0.15) is 61.1 Å². The van der Waals surface area contributed by atoms with Crippen molar-refractivity contribution in [3.05, 3.63) is 76.8 Å². The Kier molecular flexibility index (Phi) is 10.4. The lowest BCUT2D eigenvalue weighted by atomic mass is 9.99. The molecule has 0 fully saturated rings. The number of carbonyl (C=O) groups is 1. The molecule has 2 heterocycles. The SMILES string of the molecule is CCCCC(CC)CNC(=O)c1cc(-c2csc(-c3ccc(OC)cc3)n2)n(CCc2ccc(OC)cc2)c1C. The van der Waals surface area contributed by atoms with Crippen molar-refractivity contribution in [2.24, 2.45) is 5.92 Å². The molecule has 1 atom stereocenters. The molecule has 40 heavy (non-hydrogen) atoms. The second kappa shape index (κ2) is 14.2. The maximum atomic E-state index is 13.4. The predicted octanol–water partition coefficient (Wildman–Crippen LogP) is 7.79. The molecular weight excluding hydrogens is 518 g/mol. The van der Waals surface area contributed by atoms with Crippen molar-refractivity contribution in [2.75, 3.05) is 20.8 Å². The average molecular weight is 560 g/mol. The van der Waals surface area contributed by atoms with Gasteiger partial charge in [0.15, 0.2) is 0 Å². The number of ether oxygens (including phenoxy) is 2. The van der Waals surface area contributed by atoms with Crippen LogP contribution < -0.4 is 14.8 Å². The van der Waals surface area contributed by atoms with Gasteiger partial charge in [0.1, 0.15) is 16.5 Å². The third-order valence-electron chi connectivity index (χ3n) is 7.59. The third kappa shape index (κ3) is 7.13. The summed E-state index contributed by atoms with van der Waals surface area (Å²) in [6.45, 7) is 7.90. The smallest absolute Gasteiger partial charge is 0.253 e. The number of methoxy groups -OCH3 is 2. The third-order valence-corrected chi connectivity index (χ3v) is 8.48. The Hall–Kier alpha value is -3.58. The van der Waals surface area contributed by atoms with Gasteiger partial charge in [0.05, 0.1) is 31.2 Å². The van der Waals surface area contributed by atoms with E-state index in [1.54, 1.807) is 25.6 Å². The van der Waals surface area contributed by atoms with Crippen LogP contribution in [0.2, 0.25) is 0 Å². The van der Waals surface area contributed by atoms with Gasteiger partial charge in [-0.05, 0) is 73.7 Å². The van der Waals surface area contributed by atoms with Gasteiger partial charge in [-0.2, -0.15) is 0 Å². The number of thiazole rings is 1. The number of amides is 1. The molecule has 0 aliphatic heterocycles. The van der Waals surface area contributed by atoms with Crippen LogP contribution in [0.3, 0.4) is 0 Å². The minimum atomic E-state index is -0.0116. The van der Waals surface area contributed by atoms with E-state index >= 15 is 0 Å². The van der Waals surface area contributed by atoms with Crippen molar-refractivity contribution in [1.29, 1.82) is 0 Å². The molecule has 4 rings (SSSR count). The van der Waals surface area contributed by atoms with Crippen LogP contribution in [-0.2, 0) is 13.0 Å². The van der Waals surface area contributed by atoms with Gasteiger partial charge in [-0.15, -0.1) is 11.3 Å². The van der Waals surface area contributed by atoms with Crippen LogP contribution in [0, 0.1) is 12.8 Å². The zero-order chi connectivity index (χ0) is 28.5. The lowest BCUT2D eigenvalue weighted by molar-refractivity contribution is 0.0945. The summed E-state index contributed by atoms with van der Waals surface area (Å²) >= 11 is 1.61. The van der Waals surface area contributed by atoms with Crippen LogP contribution >= 0.6 is 11.3 Å². The number of hydrogen-bond acceptors (Lipinski definition) is 5. The highest BCUT2D eigenvalue weighted by atomic mass is 32.1. The fraction of sp³-hybridized carbons (Fsp3) is 0.394. The van der Waals surface area contributed by atoms with Crippen LogP contribution in [-0.4, -0.2) is 36.2 Å². The number of nitrogens with one attached hydrogen (secondary N) is 1. The zero-order valence-electron chi connectivity index (χ0n) is 24.3. The minimum Gasteiger partial charge on any atom is -0.497 e. The molecule has 0 spiro atoms. The highest BCUT2D eigenvalue weighted by Gasteiger charge is 2.21. The lowest BCUT2D eigenvalue weighted by Gasteiger charge is -2.15. The monoisotopic (exact) mass is 559 g/mol. The zero-order valence-corrected chi connectivity index (χ0v) is 25.1. The molecule has 0 radical (unpaired) electrons. The van der Waals surface area contributed by atoms with Gasteiger partial charge >= 0.3 is 0 Å². The summed E-state index contributed by atoms with van der Waals surface area (Å²) in [6, 6.07) is 18.1. The van der Waals surface area contributed by atoms with Crippen LogP contribution in [0.4, 0.5) is 0 Å². The molecule has 1 N–H and O–H groups in total. The van der Waals surface area contributed by atoms with Crippen molar-refractivity contribution >= 4 is 17.2 Å². The molecule has 0 aliphatic carbocycles. The van der Waals surface area contributed by atoms with Gasteiger partial charge in [-0.3, -0.25) is 4.79 Å². The molecular formula is C33H41N3O3S. The Labute approximate surface area is 242 Å². The Morgan fingerprint density at radius 2 is 1.70 bits per heavy atom. The summed E-state index contributed by atoms with van der Waals surface area (Å²) < 4.78 is 12.9. The van der Waals surface area contributed by atoms with E-state index in [0.717, 1.165) is 65.0 Å². The summed E-state index contributed by atoms with van der Waals surface area (Å²) in [5.41, 5.74) is 5.77. The predicted molar refractivity (Wildman–Crippen MR) is 165 cm³/mol. The number of nitrogens with zero attached hydrogens (tertiary/aromatic N) is 2. The summed E-state index contributed by atoms with van der Waals surface area (Å²) in [5, 5.41) is 6.24. The fourth-order valence-corrected chi connectivity index (χ4v) is 5.76. The summed E-state index contributed by atoms with van der Waals surface area (Å²) in [7, 11) is 3.35. The summed E-state index contributed by atoms with van der Waals surface area (Å²) in [6.07, 6.45) is 5.42. The number of aromatic nitrogens is 2. The van der Waals surface area contributed by atoms with Gasteiger partial charge in [0, 0.05) is 29.7 Å². The quantitative estimate of drug-likeness (QED) is 0.171. The number of benzene rings is 2. The number of aryl methyl sites for hydroxylation is 1. The molecule has 7 heteroatoms. The van der Waals surface area contributed by atoms with E-state index < -0.39 is 0 Å². The van der Waals surface area contributed by atoms with Gasteiger partial charge in [0.2, 0.25) is 0 Å². The molecule has 1 unspecified atom stereocenters. The van der Waals surface area contributed by atoms with Crippen molar-refractivity contribution in [3.8, 4) is 33.5 Å². The van der Waals surface area contributed by atoms with E-state index in [0.29, 0.717) is 18.0 Å². The van der Waals surface area contributed by atoms with E-state index in [1.165, 1.54) is 18.4 Å². The largest absolute Gasteiger partial charge is 0.497 e. The van der Waals surface area contributed by atoms with Crippen LogP contribution in [0.25, 0.3) is 22.0 Å². The molecule has 6 nitrogen and oxygen atoms in total. The van der Waals surface area contributed by atoms with Crippen molar-refractivity contribution < 1.29 is 14.3 Å². The van der Waals surface area contributed by atoms with Gasteiger partial charge in [0.25, 0.3) is 5.91 Å². The van der Waals surface area contributed by atoms with Gasteiger partial charge < -0.3 is 19.4 Å². The molecule has 0 saturated carbocycles. The highest BCUT2D eigenvalue weighted by Crippen LogP contribution is 2.32. The standard InChI is InChI=1S/C33H41N3O3S/c1-6-8-9-24(7-2)21-34-32(37)29-20-31(30-22-40-33(35-30)26-12-16-28(39-5)17-13-26)36(23(29)3)19-18-25-10-14-27(38-4)15-11-25/h10-17,20,22,24H,6-9,18-19,21H2,1-5H3,(H,34,37). The maximum Gasteiger partial charge on any atom is 0.253 e. The Bertz CT molecular complexity index is 1370. The van der Waals surface area contributed by atoms with E-state index in [2.05, 4.69) is 41.2 Å². The highest BCUT2D eigenvalue weighted by molar-refractivity contribution is 7.13. The first kappa shape index (κ1) is 29.4. The van der Waals surface area contributed by atoms with Crippen LogP contribution in [0.5, 0.6) is 11.5 Å². The van der Waals surface area contributed by atoms with E-state index in [1.807, 2.05) is 49.4 Å². The maximum absolute atomic E-state index is 13.4. The Morgan fingerprint density at radius 3 is 2.33 bits per heavy atom. The number of hydrogen-bond donors (Lipinski definition) is 1. The molecule has 2 aromatic carbocycles. The van der Waals surface area contributed by atoms with E-state index in [4.69, 9.17) is 14.5 Å². The summed E-state index contributed by atoms with van der Waals surface area (Å²) in [5.74, 6) is 2.16. The molecule has 2 aromatic heterocycles. The van der Waals surface area contributed by atoms with E-state index in [-0.39, 0.29) is 5.91 Å². The number of unbranched alkanes of at least 4 members (excludes halogenated alkanes) is 1. The average Bonchev–Trinajstić information content (AvgIpc) is 3.61. The lowest BCUT2D eigenvalue weighted by Crippen LogP contribution is -2.29. The normalized spacial score (nSPS) is 11.8. The molecule has 1 amide bonds. The first-order chi connectivity index (χ1) is 19.5. The van der Waals surface area contributed by atoms with Crippen molar-refractivity contribution in [2.45, 2.75) is 59.4 Å². The number of carbonyl (C=O) groups excluding carboxylic acids is 1. The van der Waals surface area contributed by atoms with Crippen molar-refractivity contribution in [3.63, 3.8) is 0 Å². The topological polar surface area (TPSA) is 65.4 Å². The molecule has 0 aliphatic rings. The summed E-state index contributed by atoms with van der Waals surface area (Å²) in [4.78, 5) is 18.4. The van der Waals surface area contributed by atoms with Crippen molar-refractivity contribution in [1.82, 2.24) is 14.9 Å². The Balaban J connectivity index is 1.61. The molecule has 0 saturated heterocycles. The first-order valence-electron chi connectivity index (χ1n) is 14.2. The first-order valence-corrected chi connectivity index (χ1v) is 15.1. The minimum absolute atomic E-state index is 0.0116. The number of rotatable bonds is 14. The van der Waals surface area contributed by atoms with Crippen LogP contribution in [0.15, 0.2) is 60.0 Å². The second-order valence-electron chi connectivity index (χ2n) is 10.2. The van der Waals surface area contributed by atoms with Gasteiger partial charge in [-0.25, -0.2) is 4.98 Å². The van der Waals surface area contributed by atoms with Gasteiger partial charge in [-0.1, -0.05) is 45.2 Å². The molecule has 0 bridgehead atoms. The van der Waals surface area contributed by atoms with E-state index in [9.17, 15) is 4.79 Å². The molecule has 4 aromatic rings. The Morgan fingerprint density at radius 1 is 1.02 bits per heavy atom.